The number of amides is 3. The fraction of sp³-hybridized carbons (Fsp3) is 0.455. The molecule has 1 aromatic carbocycles. The van der Waals surface area contributed by atoms with Crippen molar-refractivity contribution in [3.05, 3.63) is 36.0 Å². The zero-order valence-electron chi connectivity index (χ0n) is 18.4. The van der Waals surface area contributed by atoms with Gasteiger partial charge in [0.1, 0.15) is 24.2 Å². The molecule has 8 N–H and O–H groups in total. The molecule has 4 atom stereocenters. The third kappa shape index (κ3) is 5.53. The van der Waals surface area contributed by atoms with Crippen LogP contribution in [0.15, 0.2) is 30.5 Å². The van der Waals surface area contributed by atoms with Gasteiger partial charge in [-0.2, -0.15) is 0 Å². The molecule has 184 valence electrons. The monoisotopic (exact) mass is 475 g/mol. The van der Waals surface area contributed by atoms with Gasteiger partial charge in [0.15, 0.2) is 0 Å². The first-order chi connectivity index (χ1) is 16.3. The van der Waals surface area contributed by atoms with Crippen LogP contribution in [0.2, 0.25) is 0 Å². The number of nitrogens with two attached hydrogens (primary N) is 1. The van der Waals surface area contributed by atoms with Gasteiger partial charge in [-0.25, -0.2) is 4.79 Å². The third-order valence-corrected chi connectivity index (χ3v) is 5.88. The Morgan fingerprint density at radius 1 is 1.12 bits per heavy atom. The summed E-state index contributed by atoms with van der Waals surface area (Å²) in [6.07, 6.45) is 2.54. The van der Waals surface area contributed by atoms with E-state index in [0.717, 1.165) is 16.5 Å². The predicted octanol–water partition coefficient (Wildman–Crippen LogP) is -1.93. The molecule has 2 aromatic rings. The van der Waals surface area contributed by atoms with Crippen LogP contribution in [0.25, 0.3) is 10.9 Å². The van der Waals surface area contributed by atoms with E-state index in [9.17, 15) is 29.4 Å². The maximum absolute atomic E-state index is 13.0. The number of nitrogens with one attached hydrogen (secondary N) is 3. The van der Waals surface area contributed by atoms with Crippen molar-refractivity contribution in [1.29, 1.82) is 0 Å². The van der Waals surface area contributed by atoms with Crippen LogP contribution in [0.5, 0.6) is 0 Å². The first-order valence-electron chi connectivity index (χ1n) is 10.9. The average molecular weight is 476 g/mol. The van der Waals surface area contributed by atoms with Crippen LogP contribution in [-0.4, -0.2) is 92.8 Å². The van der Waals surface area contributed by atoms with E-state index in [2.05, 4.69) is 15.6 Å². The zero-order valence-corrected chi connectivity index (χ0v) is 18.4. The molecule has 1 aliphatic heterocycles. The van der Waals surface area contributed by atoms with Crippen LogP contribution in [0.1, 0.15) is 18.4 Å². The molecule has 1 fully saturated rings. The number of aliphatic hydroxyl groups excluding tert-OH is 2. The molecule has 0 aliphatic carbocycles. The van der Waals surface area contributed by atoms with Gasteiger partial charge >= 0.3 is 5.97 Å². The standard InChI is InChI=1S/C22H29N5O7/c23-14(10-28)19(30)26-17(11-29)21(32)27-7-3-6-18(27)20(31)25-16(22(33)34)8-12-9-24-15-5-2-1-4-13(12)15/h1-2,4-5,9,14,16-18,24,28-29H,3,6-8,10-11,23H2,(H,25,31)(H,26,30)(H,33,34). The topological polar surface area (TPSA) is 198 Å². The zero-order chi connectivity index (χ0) is 24.8. The van der Waals surface area contributed by atoms with Crippen LogP contribution >= 0.6 is 0 Å². The number of aromatic nitrogens is 1. The highest BCUT2D eigenvalue weighted by molar-refractivity contribution is 5.95. The number of aliphatic hydroxyl groups is 2. The number of hydrogen-bond acceptors (Lipinski definition) is 7. The van der Waals surface area contributed by atoms with E-state index in [1.165, 1.54) is 4.90 Å². The SMILES string of the molecule is NC(CO)C(=O)NC(CO)C(=O)N1CCCC1C(=O)NC(Cc1c[nH]c2ccccc12)C(=O)O. The van der Waals surface area contributed by atoms with Crippen LogP contribution in [-0.2, 0) is 25.6 Å². The largest absolute Gasteiger partial charge is 0.480 e. The van der Waals surface area contributed by atoms with Gasteiger partial charge in [-0.1, -0.05) is 18.2 Å². The minimum Gasteiger partial charge on any atom is -0.480 e. The summed E-state index contributed by atoms with van der Waals surface area (Å²) < 4.78 is 0. The van der Waals surface area contributed by atoms with Crippen molar-refractivity contribution in [2.45, 2.75) is 43.4 Å². The summed E-state index contributed by atoms with van der Waals surface area (Å²) in [5.74, 6) is -3.36. The molecule has 1 aliphatic rings. The highest BCUT2D eigenvalue weighted by Crippen LogP contribution is 2.21. The second-order valence-electron chi connectivity index (χ2n) is 8.19. The van der Waals surface area contributed by atoms with Crippen LogP contribution in [0.4, 0.5) is 0 Å². The average Bonchev–Trinajstić information content (AvgIpc) is 3.48. The Hall–Kier alpha value is -3.48. The van der Waals surface area contributed by atoms with Gasteiger partial charge < -0.3 is 41.6 Å². The molecule has 3 amide bonds. The highest BCUT2D eigenvalue weighted by atomic mass is 16.4. The molecular formula is C22H29N5O7. The summed E-state index contributed by atoms with van der Waals surface area (Å²) in [6.45, 7) is -1.17. The number of aliphatic carboxylic acids is 1. The first-order valence-corrected chi connectivity index (χ1v) is 10.9. The van der Waals surface area contributed by atoms with E-state index in [1.54, 1.807) is 6.20 Å². The predicted molar refractivity (Wildman–Crippen MR) is 120 cm³/mol. The van der Waals surface area contributed by atoms with Crippen molar-refractivity contribution in [2.75, 3.05) is 19.8 Å². The molecule has 12 nitrogen and oxygen atoms in total. The lowest BCUT2D eigenvalue weighted by Gasteiger charge is -2.29. The first kappa shape index (κ1) is 25.1. The van der Waals surface area contributed by atoms with Gasteiger partial charge in [-0.15, -0.1) is 0 Å². The number of carboxylic acid groups (broad SMARTS) is 1. The normalized spacial score (nSPS) is 18.3. The number of carbonyl (C=O) groups excluding carboxylic acids is 3. The number of para-hydroxylation sites is 1. The summed E-state index contributed by atoms with van der Waals surface area (Å²) in [6, 6.07) is 2.62. The van der Waals surface area contributed by atoms with Crippen molar-refractivity contribution in [2.24, 2.45) is 5.73 Å². The summed E-state index contributed by atoms with van der Waals surface area (Å²) in [5.41, 5.74) is 7.00. The smallest absolute Gasteiger partial charge is 0.326 e. The summed E-state index contributed by atoms with van der Waals surface area (Å²) in [7, 11) is 0. The number of hydrogen-bond donors (Lipinski definition) is 7. The van der Waals surface area contributed by atoms with Gasteiger partial charge in [0.2, 0.25) is 17.7 Å². The summed E-state index contributed by atoms with van der Waals surface area (Å²) in [4.78, 5) is 54.0. The molecule has 0 bridgehead atoms. The van der Waals surface area contributed by atoms with Gasteiger partial charge in [-0.05, 0) is 24.5 Å². The molecular weight excluding hydrogens is 446 g/mol. The lowest BCUT2D eigenvalue weighted by Crippen LogP contribution is -2.58. The van der Waals surface area contributed by atoms with Gasteiger partial charge in [-0.3, -0.25) is 14.4 Å². The van der Waals surface area contributed by atoms with Gasteiger partial charge in [0.25, 0.3) is 0 Å². The number of H-pyrrole nitrogens is 1. The van der Waals surface area contributed by atoms with Crippen LogP contribution in [0, 0.1) is 0 Å². The Labute approximate surface area is 195 Å². The molecule has 0 saturated carbocycles. The molecule has 1 saturated heterocycles. The fourth-order valence-electron chi connectivity index (χ4n) is 4.04. The molecule has 1 aromatic heterocycles. The number of carbonyl (C=O) groups is 4. The highest BCUT2D eigenvalue weighted by Gasteiger charge is 2.39. The number of benzene rings is 1. The summed E-state index contributed by atoms with van der Waals surface area (Å²) in [5, 5.41) is 33.9. The van der Waals surface area contributed by atoms with Crippen molar-refractivity contribution in [1.82, 2.24) is 20.5 Å². The molecule has 12 heteroatoms. The minimum absolute atomic E-state index is 0.0418. The Morgan fingerprint density at radius 2 is 1.85 bits per heavy atom. The van der Waals surface area contributed by atoms with Gasteiger partial charge in [0, 0.05) is 30.1 Å². The van der Waals surface area contributed by atoms with E-state index >= 15 is 0 Å². The van der Waals surface area contributed by atoms with Gasteiger partial charge in [0.05, 0.1) is 13.2 Å². The Bertz CT molecular complexity index is 1060. The summed E-state index contributed by atoms with van der Waals surface area (Å²) >= 11 is 0. The molecule has 4 unspecified atom stereocenters. The maximum Gasteiger partial charge on any atom is 0.326 e. The Balaban J connectivity index is 1.69. The fourth-order valence-corrected chi connectivity index (χ4v) is 4.04. The lowest BCUT2D eigenvalue weighted by atomic mass is 10.0. The van der Waals surface area contributed by atoms with Crippen LogP contribution in [0.3, 0.4) is 0 Å². The number of rotatable bonds is 10. The maximum atomic E-state index is 13.0. The number of nitrogens with zero attached hydrogens (tertiary/aromatic N) is 1. The quantitative estimate of drug-likeness (QED) is 0.206. The lowest BCUT2D eigenvalue weighted by molar-refractivity contribution is -0.145. The molecule has 0 radical (unpaired) electrons. The number of fused-ring (bicyclic) bond motifs is 1. The number of aromatic amines is 1. The van der Waals surface area contributed by atoms with E-state index in [-0.39, 0.29) is 13.0 Å². The molecule has 34 heavy (non-hydrogen) atoms. The second kappa shape index (κ2) is 11.1. The van der Waals surface area contributed by atoms with Crippen molar-refractivity contribution in [3.63, 3.8) is 0 Å². The van der Waals surface area contributed by atoms with E-state index in [0.29, 0.717) is 12.8 Å². The van der Waals surface area contributed by atoms with E-state index < -0.39 is 61.1 Å². The minimum atomic E-state index is -1.35. The second-order valence-corrected chi connectivity index (χ2v) is 8.19. The third-order valence-electron chi connectivity index (χ3n) is 5.88. The number of likely N-dealkylation sites (tertiary alicyclic amines) is 1. The van der Waals surface area contributed by atoms with Crippen molar-refractivity contribution in [3.8, 4) is 0 Å². The van der Waals surface area contributed by atoms with Crippen molar-refractivity contribution < 1.29 is 34.5 Å². The molecule has 2 heterocycles. The van der Waals surface area contributed by atoms with Crippen molar-refractivity contribution >= 4 is 34.6 Å². The Kier molecular flexibility index (Phi) is 8.21. The van der Waals surface area contributed by atoms with E-state index in [4.69, 9.17) is 10.8 Å². The van der Waals surface area contributed by atoms with Crippen LogP contribution < -0.4 is 16.4 Å². The number of carboxylic acids is 1. The molecule has 0 spiro atoms. The van der Waals surface area contributed by atoms with E-state index in [1.807, 2.05) is 24.3 Å². The Morgan fingerprint density at radius 3 is 2.53 bits per heavy atom. The molecule has 3 rings (SSSR count).